The van der Waals surface area contributed by atoms with Crippen LogP contribution in [0.2, 0.25) is 0 Å². The first-order valence-corrected chi connectivity index (χ1v) is 13.8. The van der Waals surface area contributed by atoms with E-state index in [1.165, 1.54) is 135 Å². The molecule has 1 saturated carbocycles. The van der Waals surface area contributed by atoms with Gasteiger partial charge in [0.1, 0.15) is 0 Å². The molecule has 0 aliphatic heterocycles. The van der Waals surface area contributed by atoms with Crippen molar-refractivity contribution in [2.24, 2.45) is 5.41 Å². The molecule has 0 aromatic rings. The molecule has 0 heteroatoms. The summed E-state index contributed by atoms with van der Waals surface area (Å²) in [7, 11) is 0. The van der Waals surface area contributed by atoms with E-state index in [1.54, 1.807) is 25.7 Å². The topological polar surface area (TPSA) is 0 Å². The lowest BCUT2D eigenvalue weighted by Crippen LogP contribution is -2.24. The van der Waals surface area contributed by atoms with Gasteiger partial charge >= 0.3 is 0 Å². The van der Waals surface area contributed by atoms with E-state index in [-0.39, 0.29) is 0 Å². The predicted octanol–water partition coefficient (Wildman–Crippen LogP) is 10.8. The number of hydrogen-bond donors (Lipinski definition) is 0. The Bertz CT molecular complexity index is 275. The van der Waals surface area contributed by atoms with Crippen LogP contribution in [0.25, 0.3) is 0 Å². The maximum atomic E-state index is 2.32. The highest BCUT2D eigenvalue weighted by Crippen LogP contribution is 2.44. The summed E-state index contributed by atoms with van der Waals surface area (Å²) in [6, 6.07) is 0. The van der Waals surface area contributed by atoms with E-state index < -0.39 is 0 Å². The van der Waals surface area contributed by atoms with E-state index in [9.17, 15) is 0 Å². The third kappa shape index (κ3) is 14.1. The van der Waals surface area contributed by atoms with Gasteiger partial charge in [-0.15, -0.1) is 0 Å². The van der Waals surface area contributed by atoms with Crippen LogP contribution >= 0.6 is 0 Å². The van der Waals surface area contributed by atoms with Gasteiger partial charge in [-0.3, -0.25) is 0 Å². The number of rotatable bonds is 20. The lowest BCUT2D eigenvalue weighted by molar-refractivity contribution is 0.146. The maximum Gasteiger partial charge on any atom is -0.0297 e. The quantitative estimate of drug-likeness (QED) is 0.181. The summed E-state index contributed by atoms with van der Waals surface area (Å²) in [5, 5.41) is 0. The number of hydrogen-bond acceptors (Lipinski definition) is 0. The highest BCUT2D eigenvalue weighted by atomic mass is 14.4. The minimum Gasteiger partial charge on any atom is -0.0654 e. The van der Waals surface area contributed by atoms with Gasteiger partial charge < -0.3 is 0 Å². The minimum atomic E-state index is 0.764. The molecule has 1 aliphatic rings. The highest BCUT2D eigenvalue weighted by molar-refractivity contribution is 4.82. The van der Waals surface area contributed by atoms with Crippen LogP contribution in [0.5, 0.6) is 0 Å². The Morgan fingerprint density at radius 1 is 0.393 bits per heavy atom. The summed E-state index contributed by atoms with van der Waals surface area (Å²) in [4.78, 5) is 0. The van der Waals surface area contributed by atoms with Crippen LogP contribution in [0.3, 0.4) is 0 Å². The SMILES string of the molecule is CCCCCCCCCCCC1(CCCCCCCCCCC)CCCCC1. The van der Waals surface area contributed by atoms with Crippen molar-refractivity contribution in [1.29, 1.82) is 0 Å². The van der Waals surface area contributed by atoms with Crippen LogP contribution < -0.4 is 0 Å². The van der Waals surface area contributed by atoms with Crippen molar-refractivity contribution in [3.63, 3.8) is 0 Å². The van der Waals surface area contributed by atoms with Gasteiger partial charge in [-0.2, -0.15) is 0 Å². The molecule has 0 saturated heterocycles. The Morgan fingerprint density at radius 3 is 1.07 bits per heavy atom. The Morgan fingerprint density at radius 2 is 0.714 bits per heavy atom. The molecule has 0 spiro atoms. The van der Waals surface area contributed by atoms with Crippen molar-refractivity contribution in [1.82, 2.24) is 0 Å². The zero-order valence-corrected chi connectivity index (χ0v) is 20.2. The maximum absolute atomic E-state index is 2.32. The van der Waals surface area contributed by atoms with Crippen LogP contribution in [-0.2, 0) is 0 Å². The Labute approximate surface area is 180 Å². The fourth-order valence-corrected chi connectivity index (χ4v) is 5.55. The molecule has 0 radical (unpaired) electrons. The first-order valence-electron chi connectivity index (χ1n) is 13.8. The van der Waals surface area contributed by atoms with Gasteiger partial charge in [-0.05, 0) is 31.1 Å². The van der Waals surface area contributed by atoms with Crippen molar-refractivity contribution >= 4 is 0 Å². The molecule has 1 fully saturated rings. The molecule has 28 heavy (non-hydrogen) atoms. The summed E-state index contributed by atoms with van der Waals surface area (Å²) in [6.45, 7) is 4.63. The molecule has 1 aliphatic carbocycles. The predicted molar refractivity (Wildman–Crippen MR) is 129 cm³/mol. The molecule has 0 aromatic carbocycles. The zero-order chi connectivity index (χ0) is 20.2. The molecule has 1 rings (SSSR count). The average Bonchev–Trinajstić information content (AvgIpc) is 2.72. The zero-order valence-electron chi connectivity index (χ0n) is 20.2. The van der Waals surface area contributed by atoms with Gasteiger partial charge in [0, 0.05) is 0 Å². The van der Waals surface area contributed by atoms with Crippen LogP contribution in [0.1, 0.15) is 174 Å². The lowest BCUT2D eigenvalue weighted by Gasteiger charge is -2.38. The molecule has 0 heterocycles. The third-order valence-corrected chi connectivity index (χ3v) is 7.54. The second-order valence-electron chi connectivity index (χ2n) is 10.2. The monoisotopic (exact) mass is 392 g/mol. The molecular weight excluding hydrogens is 336 g/mol. The van der Waals surface area contributed by atoms with E-state index >= 15 is 0 Å². The molecule has 0 atom stereocenters. The fourth-order valence-electron chi connectivity index (χ4n) is 5.55. The largest absolute Gasteiger partial charge is 0.0654 e. The van der Waals surface area contributed by atoms with Gasteiger partial charge in [0.2, 0.25) is 0 Å². The van der Waals surface area contributed by atoms with Gasteiger partial charge in [-0.25, -0.2) is 0 Å². The van der Waals surface area contributed by atoms with Crippen molar-refractivity contribution in [2.75, 3.05) is 0 Å². The smallest absolute Gasteiger partial charge is 0.0297 e. The van der Waals surface area contributed by atoms with E-state index in [0.717, 1.165) is 5.41 Å². The molecule has 0 N–H and O–H groups in total. The first-order chi connectivity index (χ1) is 13.8. The Hall–Kier alpha value is 0. The van der Waals surface area contributed by atoms with Crippen LogP contribution in [0, 0.1) is 5.41 Å². The lowest BCUT2D eigenvalue weighted by atomic mass is 9.68. The van der Waals surface area contributed by atoms with Crippen molar-refractivity contribution in [3.8, 4) is 0 Å². The van der Waals surface area contributed by atoms with E-state index in [2.05, 4.69) is 13.8 Å². The van der Waals surface area contributed by atoms with Crippen molar-refractivity contribution in [3.05, 3.63) is 0 Å². The summed E-state index contributed by atoms with van der Waals surface area (Å²) >= 11 is 0. The van der Waals surface area contributed by atoms with Gasteiger partial charge in [-0.1, -0.05) is 149 Å². The highest BCUT2D eigenvalue weighted by Gasteiger charge is 2.30. The van der Waals surface area contributed by atoms with E-state index in [4.69, 9.17) is 0 Å². The molecular formula is C28H56. The van der Waals surface area contributed by atoms with Gasteiger partial charge in [0.15, 0.2) is 0 Å². The van der Waals surface area contributed by atoms with Crippen molar-refractivity contribution in [2.45, 2.75) is 174 Å². The van der Waals surface area contributed by atoms with Crippen LogP contribution in [0.15, 0.2) is 0 Å². The minimum absolute atomic E-state index is 0.764. The summed E-state index contributed by atoms with van der Waals surface area (Å²) in [5.74, 6) is 0. The molecule has 0 aromatic heterocycles. The summed E-state index contributed by atoms with van der Waals surface area (Å²) in [6.07, 6.45) is 37.4. The van der Waals surface area contributed by atoms with E-state index in [0.29, 0.717) is 0 Å². The summed E-state index contributed by atoms with van der Waals surface area (Å²) < 4.78 is 0. The first kappa shape index (κ1) is 26.0. The number of unbranched alkanes of at least 4 members (excludes halogenated alkanes) is 16. The normalized spacial score (nSPS) is 16.5. The molecule has 0 bridgehead atoms. The Balaban J connectivity index is 2.05. The standard InChI is InChI=1S/C28H56/c1-3-5-7-9-11-13-15-17-20-24-28(26-22-19-23-27-28)25-21-18-16-14-12-10-8-6-4-2/h3-27H2,1-2H3. The Kier molecular flexibility index (Phi) is 17.7. The fraction of sp³-hybridized carbons (Fsp3) is 1.00. The van der Waals surface area contributed by atoms with Crippen LogP contribution in [-0.4, -0.2) is 0 Å². The van der Waals surface area contributed by atoms with E-state index in [1.807, 2.05) is 0 Å². The van der Waals surface area contributed by atoms with Gasteiger partial charge in [0.25, 0.3) is 0 Å². The third-order valence-electron chi connectivity index (χ3n) is 7.54. The second kappa shape index (κ2) is 19.0. The van der Waals surface area contributed by atoms with Gasteiger partial charge in [0.05, 0.1) is 0 Å². The average molecular weight is 393 g/mol. The molecule has 0 nitrogen and oxygen atoms in total. The van der Waals surface area contributed by atoms with Crippen molar-refractivity contribution < 1.29 is 0 Å². The second-order valence-corrected chi connectivity index (χ2v) is 10.2. The molecule has 168 valence electrons. The molecule has 0 amide bonds. The molecule has 0 unspecified atom stereocenters. The summed E-state index contributed by atoms with van der Waals surface area (Å²) in [5.41, 5.74) is 0.764. The van der Waals surface area contributed by atoms with Crippen LogP contribution in [0.4, 0.5) is 0 Å².